The molecule has 32 heavy (non-hydrogen) atoms. The molecule has 0 radical (unpaired) electrons. The maximum absolute atomic E-state index is 13.6. The van der Waals surface area contributed by atoms with Crippen molar-refractivity contribution in [3.63, 3.8) is 0 Å². The second-order valence-corrected chi connectivity index (χ2v) is 7.09. The molecule has 2 N–H and O–H groups in total. The van der Waals surface area contributed by atoms with E-state index in [-0.39, 0.29) is 5.91 Å². The van der Waals surface area contributed by atoms with Gasteiger partial charge in [-0.15, -0.1) is 0 Å². The van der Waals surface area contributed by atoms with Gasteiger partial charge in [0.15, 0.2) is 0 Å². The number of methoxy groups -OCH3 is 2. The lowest BCUT2D eigenvalue weighted by molar-refractivity contribution is -0.113. The topological polar surface area (TPSA) is 99.5 Å². The van der Waals surface area contributed by atoms with Crippen LogP contribution in [0.1, 0.15) is 25.5 Å². The summed E-state index contributed by atoms with van der Waals surface area (Å²) in [6, 6.07) is 12.2. The first-order valence-corrected chi connectivity index (χ1v) is 10.2. The van der Waals surface area contributed by atoms with Crippen molar-refractivity contribution in [2.24, 2.45) is 0 Å². The maximum atomic E-state index is 13.6. The molecule has 0 spiro atoms. The van der Waals surface area contributed by atoms with Gasteiger partial charge in [-0.1, -0.05) is 12.1 Å². The highest BCUT2D eigenvalue weighted by molar-refractivity contribution is 6.06. The minimum Gasteiger partial charge on any atom is -0.497 e. The minimum absolute atomic E-state index is 0.293. The molecule has 1 atom stereocenters. The van der Waals surface area contributed by atoms with E-state index < -0.39 is 6.04 Å². The van der Waals surface area contributed by atoms with Gasteiger partial charge >= 0.3 is 0 Å². The number of nitrogens with one attached hydrogen (secondary N) is 2. The number of benzene rings is 2. The smallest absolute Gasteiger partial charge is 0.255 e. The predicted octanol–water partition coefficient (Wildman–Crippen LogP) is 3.62. The van der Waals surface area contributed by atoms with Crippen molar-refractivity contribution in [2.75, 3.05) is 31.5 Å². The van der Waals surface area contributed by atoms with E-state index in [1.54, 1.807) is 31.0 Å². The van der Waals surface area contributed by atoms with Gasteiger partial charge in [-0.3, -0.25) is 4.79 Å². The number of aromatic nitrogens is 3. The second kappa shape index (κ2) is 9.01. The first-order valence-electron chi connectivity index (χ1n) is 10.2. The molecule has 0 saturated heterocycles. The third-order valence-corrected chi connectivity index (χ3v) is 5.21. The van der Waals surface area contributed by atoms with Crippen LogP contribution in [0, 0.1) is 0 Å². The number of hydrogen-bond acceptors (Lipinski definition) is 7. The van der Waals surface area contributed by atoms with E-state index in [2.05, 4.69) is 20.7 Å². The summed E-state index contributed by atoms with van der Waals surface area (Å²) in [6.07, 6.45) is 1.44. The van der Waals surface area contributed by atoms with Gasteiger partial charge in [0.05, 0.1) is 32.1 Å². The number of fused-ring (bicyclic) bond motifs is 1. The van der Waals surface area contributed by atoms with Gasteiger partial charge in [-0.25, -0.2) is 4.68 Å². The summed E-state index contributed by atoms with van der Waals surface area (Å²) >= 11 is 0. The van der Waals surface area contributed by atoms with Gasteiger partial charge < -0.3 is 24.8 Å². The standard InChI is InChI=1S/C23H25N5O4/c1-5-32-19-9-7-6-8-17(19)27-22(29)20-14(2)26-23-24-13-25-28(23)21(20)16-12-15(30-3)10-11-18(16)31-4/h6-13,21H,5H2,1-4H3,(H,27,29)(H,24,25,26)/t21-/m0/s1. The molecule has 4 rings (SSSR count). The number of para-hydroxylation sites is 2. The van der Waals surface area contributed by atoms with Crippen LogP contribution < -0.4 is 24.8 Å². The van der Waals surface area contributed by atoms with E-state index in [4.69, 9.17) is 14.2 Å². The molecule has 1 amide bonds. The average molecular weight is 435 g/mol. The number of hydrogen-bond donors (Lipinski definition) is 2. The number of rotatable bonds is 7. The van der Waals surface area contributed by atoms with Gasteiger partial charge in [0.25, 0.3) is 5.91 Å². The maximum Gasteiger partial charge on any atom is 0.255 e. The van der Waals surface area contributed by atoms with E-state index >= 15 is 0 Å². The van der Waals surface area contributed by atoms with Crippen molar-refractivity contribution in [2.45, 2.75) is 19.9 Å². The van der Waals surface area contributed by atoms with E-state index in [1.807, 2.05) is 44.2 Å². The SMILES string of the molecule is CCOc1ccccc1NC(=O)C1=C(C)Nc2ncnn2[C@H]1c1cc(OC)ccc1OC. The van der Waals surface area contributed by atoms with Crippen LogP contribution in [0.5, 0.6) is 17.2 Å². The second-order valence-electron chi connectivity index (χ2n) is 7.09. The third-order valence-electron chi connectivity index (χ3n) is 5.21. The molecule has 9 nitrogen and oxygen atoms in total. The summed E-state index contributed by atoms with van der Waals surface area (Å²) in [5.41, 5.74) is 2.44. The van der Waals surface area contributed by atoms with Crippen molar-refractivity contribution < 1.29 is 19.0 Å². The van der Waals surface area contributed by atoms with Crippen LogP contribution in [0.25, 0.3) is 0 Å². The van der Waals surface area contributed by atoms with Crippen LogP contribution in [0.4, 0.5) is 11.6 Å². The van der Waals surface area contributed by atoms with E-state index in [0.29, 0.717) is 46.8 Å². The Hall–Kier alpha value is -4.01. The minimum atomic E-state index is -0.585. The fourth-order valence-electron chi connectivity index (χ4n) is 3.77. The summed E-state index contributed by atoms with van der Waals surface area (Å²) < 4.78 is 18.4. The first-order chi connectivity index (χ1) is 15.6. The van der Waals surface area contributed by atoms with Crippen LogP contribution in [-0.4, -0.2) is 41.5 Å². The normalized spacial score (nSPS) is 14.9. The number of allylic oxidation sites excluding steroid dienone is 1. The number of nitrogens with zero attached hydrogens (tertiary/aromatic N) is 3. The Morgan fingerprint density at radius 3 is 2.72 bits per heavy atom. The fraction of sp³-hybridized carbons (Fsp3) is 0.261. The van der Waals surface area contributed by atoms with Gasteiger partial charge in [0.2, 0.25) is 5.95 Å². The molecular weight excluding hydrogens is 410 g/mol. The van der Waals surface area contributed by atoms with Gasteiger partial charge in [-0.05, 0) is 44.2 Å². The van der Waals surface area contributed by atoms with Crippen molar-refractivity contribution in [1.29, 1.82) is 0 Å². The Balaban J connectivity index is 1.81. The molecule has 1 aliphatic rings. The number of carbonyl (C=O) groups excluding carboxylic acids is 1. The summed E-state index contributed by atoms with van der Waals surface area (Å²) in [5, 5.41) is 10.5. The summed E-state index contributed by atoms with van der Waals surface area (Å²) in [6.45, 7) is 4.22. The number of anilines is 2. The lowest BCUT2D eigenvalue weighted by atomic mass is 9.94. The Labute approximate surface area is 186 Å². The van der Waals surface area contributed by atoms with Crippen molar-refractivity contribution in [3.05, 3.63) is 65.6 Å². The molecule has 0 saturated carbocycles. The van der Waals surface area contributed by atoms with Crippen molar-refractivity contribution >= 4 is 17.5 Å². The molecule has 1 aliphatic heterocycles. The highest BCUT2D eigenvalue weighted by Crippen LogP contribution is 2.41. The monoisotopic (exact) mass is 435 g/mol. The van der Waals surface area contributed by atoms with Crippen molar-refractivity contribution in [3.8, 4) is 17.2 Å². The predicted molar refractivity (Wildman–Crippen MR) is 120 cm³/mol. The third kappa shape index (κ3) is 3.84. The Morgan fingerprint density at radius 2 is 1.97 bits per heavy atom. The van der Waals surface area contributed by atoms with E-state index in [9.17, 15) is 4.79 Å². The van der Waals surface area contributed by atoms with Crippen LogP contribution >= 0.6 is 0 Å². The molecule has 0 bridgehead atoms. The molecule has 0 unspecified atom stereocenters. The first kappa shape index (κ1) is 21.2. The lowest BCUT2D eigenvalue weighted by Gasteiger charge is -2.30. The summed E-state index contributed by atoms with van der Waals surface area (Å²) in [5.74, 6) is 2.08. The Kier molecular flexibility index (Phi) is 5.98. The van der Waals surface area contributed by atoms with Crippen LogP contribution in [0.3, 0.4) is 0 Å². The van der Waals surface area contributed by atoms with Crippen LogP contribution in [0.15, 0.2) is 60.1 Å². The molecule has 0 aliphatic carbocycles. The molecule has 3 aromatic rings. The zero-order chi connectivity index (χ0) is 22.7. The van der Waals surface area contributed by atoms with Gasteiger partial charge in [0, 0.05) is 11.3 Å². The lowest BCUT2D eigenvalue weighted by Crippen LogP contribution is -2.31. The molecule has 0 fully saturated rings. The van der Waals surface area contributed by atoms with Crippen LogP contribution in [0.2, 0.25) is 0 Å². The highest BCUT2D eigenvalue weighted by Gasteiger charge is 2.35. The fourth-order valence-corrected chi connectivity index (χ4v) is 3.77. The number of ether oxygens (including phenoxy) is 3. The van der Waals surface area contributed by atoms with Gasteiger partial charge in [0.1, 0.15) is 29.6 Å². The molecule has 2 heterocycles. The molecule has 9 heteroatoms. The zero-order valence-electron chi connectivity index (χ0n) is 18.4. The Bertz CT molecular complexity index is 1170. The average Bonchev–Trinajstić information content (AvgIpc) is 3.27. The Morgan fingerprint density at radius 1 is 1.16 bits per heavy atom. The highest BCUT2D eigenvalue weighted by atomic mass is 16.5. The van der Waals surface area contributed by atoms with Crippen molar-refractivity contribution in [1.82, 2.24) is 14.8 Å². The van der Waals surface area contributed by atoms with E-state index in [1.165, 1.54) is 6.33 Å². The van der Waals surface area contributed by atoms with Crippen LogP contribution in [-0.2, 0) is 4.79 Å². The van der Waals surface area contributed by atoms with Gasteiger partial charge in [-0.2, -0.15) is 10.1 Å². The molecule has 1 aromatic heterocycles. The van der Waals surface area contributed by atoms with E-state index in [0.717, 1.165) is 5.56 Å². The number of amides is 1. The zero-order valence-corrected chi connectivity index (χ0v) is 18.4. The molecular formula is C23H25N5O4. The summed E-state index contributed by atoms with van der Waals surface area (Å²) in [4.78, 5) is 17.9. The molecule has 2 aromatic carbocycles. The quantitative estimate of drug-likeness (QED) is 0.585. The summed E-state index contributed by atoms with van der Waals surface area (Å²) in [7, 11) is 3.18. The molecule has 166 valence electrons. The number of carbonyl (C=O) groups is 1. The largest absolute Gasteiger partial charge is 0.497 e.